The van der Waals surface area contributed by atoms with Gasteiger partial charge < -0.3 is 14.2 Å². The molecule has 2 heterocycles. The second kappa shape index (κ2) is 9.21. The van der Waals surface area contributed by atoms with Crippen LogP contribution in [0.15, 0.2) is 87.7 Å². The van der Waals surface area contributed by atoms with Gasteiger partial charge in [0.1, 0.15) is 17.0 Å². The third-order valence-electron chi connectivity index (χ3n) is 5.24. The van der Waals surface area contributed by atoms with Gasteiger partial charge in [-0.1, -0.05) is 47.5 Å². The monoisotopic (exact) mass is 488 g/mol. The second-order valence-electron chi connectivity index (χ2n) is 7.67. The quantitative estimate of drug-likeness (QED) is 0.254. The lowest BCUT2D eigenvalue weighted by Crippen LogP contribution is -2.07. The molecular weight excluding hydrogens is 471 g/mol. The van der Waals surface area contributed by atoms with Gasteiger partial charge in [-0.05, 0) is 67.1 Å². The van der Waals surface area contributed by atoms with Crippen LogP contribution >= 0.6 is 23.2 Å². The number of para-hydroxylation sites is 2. The molecule has 0 bridgehead atoms. The normalized spacial score (nSPS) is 11.4. The highest BCUT2D eigenvalue weighted by molar-refractivity contribution is 6.33. The first-order valence-electron chi connectivity index (χ1n) is 10.5. The van der Waals surface area contributed by atoms with Crippen LogP contribution in [-0.2, 0) is 4.79 Å². The predicted octanol–water partition coefficient (Wildman–Crippen LogP) is 8.02. The van der Waals surface area contributed by atoms with Crippen molar-refractivity contribution in [2.24, 2.45) is 0 Å². The van der Waals surface area contributed by atoms with Gasteiger partial charge >= 0.3 is 0 Å². The number of aromatic nitrogens is 1. The fourth-order valence-corrected chi connectivity index (χ4v) is 3.82. The number of halogens is 2. The van der Waals surface area contributed by atoms with Crippen LogP contribution in [0.2, 0.25) is 10.0 Å². The summed E-state index contributed by atoms with van der Waals surface area (Å²) >= 11 is 12.6. The number of nitrogens with one attached hydrogen (secondary N) is 1. The number of amides is 1. The van der Waals surface area contributed by atoms with E-state index in [1.807, 2.05) is 55.5 Å². The maximum absolute atomic E-state index is 12.5. The Morgan fingerprint density at radius 3 is 2.62 bits per heavy atom. The summed E-state index contributed by atoms with van der Waals surface area (Å²) in [4.78, 5) is 17.0. The van der Waals surface area contributed by atoms with Gasteiger partial charge in [-0.15, -0.1) is 0 Å². The Hall–Kier alpha value is -3.80. The summed E-state index contributed by atoms with van der Waals surface area (Å²) in [5, 5.41) is 3.97. The van der Waals surface area contributed by atoms with Gasteiger partial charge in [0.25, 0.3) is 0 Å². The number of fused-ring (bicyclic) bond motifs is 1. The fraction of sp³-hybridized carbons (Fsp3) is 0.0370. The molecule has 0 aliphatic heterocycles. The van der Waals surface area contributed by atoms with Crippen molar-refractivity contribution >= 4 is 52.0 Å². The highest BCUT2D eigenvalue weighted by Gasteiger charge is 2.13. The van der Waals surface area contributed by atoms with Crippen LogP contribution in [0.1, 0.15) is 11.3 Å². The molecular formula is C27H18Cl2N2O3. The second-order valence-corrected chi connectivity index (χ2v) is 8.48. The molecule has 0 spiro atoms. The lowest BCUT2D eigenvalue weighted by atomic mass is 10.1. The number of benzene rings is 3. The molecule has 0 radical (unpaired) electrons. The van der Waals surface area contributed by atoms with Crippen LogP contribution in [0.4, 0.5) is 5.69 Å². The number of aryl methyl sites for hydroxylation is 1. The van der Waals surface area contributed by atoms with E-state index >= 15 is 0 Å². The number of rotatable bonds is 5. The number of hydrogen-bond donors (Lipinski definition) is 1. The smallest absolute Gasteiger partial charge is 0.248 e. The fourth-order valence-electron chi connectivity index (χ4n) is 3.44. The Bertz CT molecular complexity index is 1520. The van der Waals surface area contributed by atoms with E-state index < -0.39 is 0 Å². The van der Waals surface area contributed by atoms with Crippen molar-refractivity contribution in [2.75, 3.05) is 5.32 Å². The van der Waals surface area contributed by atoms with Crippen molar-refractivity contribution in [1.82, 2.24) is 4.98 Å². The maximum atomic E-state index is 12.5. The molecule has 0 aliphatic rings. The standard InChI is InChI=1S/C27H18Cl2N2O3/c1-16-6-7-17(14-22(16)29)24-12-9-19(33-24)10-13-26(32)30-18-8-11-21(28)20(15-18)27-31-23-4-2-3-5-25(23)34-27/h2-15H,1H3,(H,30,32). The van der Waals surface area contributed by atoms with Crippen molar-refractivity contribution in [2.45, 2.75) is 6.92 Å². The van der Waals surface area contributed by atoms with Crippen LogP contribution in [0.25, 0.3) is 40.0 Å². The average molecular weight is 489 g/mol. The van der Waals surface area contributed by atoms with Crippen molar-refractivity contribution < 1.29 is 13.6 Å². The van der Waals surface area contributed by atoms with Gasteiger partial charge in [-0.2, -0.15) is 0 Å². The van der Waals surface area contributed by atoms with E-state index in [0.717, 1.165) is 16.6 Å². The van der Waals surface area contributed by atoms with E-state index in [-0.39, 0.29) is 5.91 Å². The molecule has 1 N–H and O–H groups in total. The summed E-state index contributed by atoms with van der Waals surface area (Å²) < 4.78 is 11.6. The molecule has 0 aliphatic carbocycles. The third kappa shape index (κ3) is 4.62. The van der Waals surface area contributed by atoms with E-state index in [2.05, 4.69) is 10.3 Å². The van der Waals surface area contributed by atoms with Crippen LogP contribution in [0, 0.1) is 6.92 Å². The van der Waals surface area contributed by atoms with Crippen molar-refractivity contribution in [3.8, 4) is 22.8 Å². The summed E-state index contributed by atoms with van der Waals surface area (Å²) in [6.45, 7) is 1.94. The molecule has 0 saturated heterocycles. The Balaban J connectivity index is 1.31. The molecule has 0 saturated carbocycles. The largest absolute Gasteiger partial charge is 0.457 e. The lowest BCUT2D eigenvalue weighted by Gasteiger charge is -2.05. The number of furan rings is 1. The summed E-state index contributed by atoms with van der Waals surface area (Å²) in [6, 6.07) is 21.9. The van der Waals surface area contributed by atoms with Gasteiger partial charge in [-0.25, -0.2) is 4.98 Å². The molecule has 5 rings (SSSR count). The Morgan fingerprint density at radius 2 is 1.79 bits per heavy atom. The number of carbonyl (C=O) groups is 1. The summed E-state index contributed by atoms with van der Waals surface area (Å²) in [5.74, 6) is 1.28. The summed E-state index contributed by atoms with van der Waals surface area (Å²) in [5.41, 5.74) is 4.41. The Labute approximate surface area is 205 Å². The molecule has 0 atom stereocenters. The van der Waals surface area contributed by atoms with Crippen LogP contribution in [0.5, 0.6) is 0 Å². The molecule has 5 aromatic rings. The van der Waals surface area contributed by atoms with Gasteiger partial charge in [-0.3, -0.25) is 4.79 Å². The summed E-state index contributed by atoms with van der Waals surface area (Å²) in [7, 11) is 0. The van der Waals surface area contributed by atoms with Crippen molar-refractivity contribution in [3.63, 3.8) is 0 Å². The first-order chi connectivity index (χ1) is 16.5. The van der Waals surface area contributed by atoms with E-state index in [9.17, 15) is 4.79 Å². The zero-order valence-electron chi connectivity index (χ0n) is 18.0. The van der Waals surface area contributed by atoms with Crippen molar-refractivity contribution in [1.29, 1.82) is 0 Å². The number of carbonyl (C=O) groups excluding carboxylic acids is 1. The molecule has 5 nitrogen and oxygen atoms in total. The number of anilines is 1. The molecule has 7 heteroatoms. The predicted molar refractivity (Wildman–Crippen MR) is 136 cm³/mol. The van der Waals surface area contributed by atoms with Crippen LogP contribution in [-0.4, -0.2) is 10.9 Å². The highest BCUT2D eigenvalue weighted by atomic mass is 35.5. The number of nitrogens with zero attached hydrogens (tertiary/aromatic N) is 1. The van der Waals surface area contributed by atoms with E-state index in [1.165, 1.54) is 6.08 Å². The minimum atomic E-state index is -0.317. The van der Waals surface area contributed by atoms with Gasteiger partial charge in [0.2, 0.25) is 11.8 Å². The minimum Gasteiger partial charge on any atom is -0.457 e. The molecule has 0 unspecified atom stereocenters. The number of oxazole rings is 1. The maximum Gasteiger partial charge on any atom is 0.248 e. The van der Waals surface area contributed by atoms with E-state index in [0.29, 0.717) is 44.3 Å². The Morgan fingerprint density at radius 1 is 0.941 bits per heavy atom. The third-order valence-corrected chi connectivity index (χ3v) is 5.98. The molecule has 1 amide bonds. The molecule has 0 fully saturated rings. The molecule has 168 valence electrons. The molecule has 2 aromatic heterocycles. The van der Waals surface area contributed by atoms with E-state index in [1.54, 1.807) is 30.3 Å². The minimum absolute atomic E-state index is 0.317. The van der Waals surface area contributed by atoms with Gasteiger partial charge in [0.15, 0.2) is 5.58 Å². The molecule has 3 aromatic carbocycles. The highest BCUT2D eigenvalue weighted by Crippen LogP contribution is 2.32. The topological polar surface area (TPSA) is 68.3 Å². The first kappa shape index (κ1) is 22.0. The van der Waals surface area contributed by atoms with E-state index in [4.69, 9.17) is 32.0 Å². The molecule has 34 heavy (non-hydrogen) atoms. The lowest BCUT2D eigenvalue weighted by molar-refractivity contribution is -0.111. The van der Waals surface area contributed by atoms with Gasteiger partial charge in [0, 0.05) is 22.3 Å². The van der Waals surface area contributed by atoms with Crippen LogP contribution < -0.4 is 5.32 Å². The zero-order chi connectivity index (χ0) is 23.7. The zero-order valence-corrected chi connectivity index (χ0v) is 19.5. The van der Waals surface area contributed by atoms with Crippen LogP contribution in [0.3, 0.4) is 0 Å². The Kier molecular flexibility index (Phi) is 5.97. The number of hydrogen-bond acceptors (Lipinski definition) is 4. The average Bonchev–Trinajstić information content (AvgIpc) is 3.48. The SMILES string of the molecule is Cc1ccc(-c2ccc(C=CC(=O)Nc3ccc(Cl)c(-c4nc5ccccc5o4)c3)o2)cc1Cl. The first-order valence-corrected chi connectivity index (χ1v) is 11.2. The van der Waals surface area contributed by atoms with Gasteiger partial charge in [0.05, 0.1) is 10.6 Å². The summed E-state index contributed by atoms with van der Waals surface area (Å²) in [6.07, 6.45) is 3.00. The van der Waals surface area contributed by atoms with Crippen molar-refractivity contribution in [3.05, 3.63) is 100 Å².